The predicted octanol–water partition coefficient (Wildman–Crippen LogP) is 3.86. The first-order valence-electron chi connectivity index (χ1n) is 8.82. The number of hydrogen-bond donors (Lipinski definition) is 0. The maximum atomic E-state index is 12.6. The second-order valence-corrected chi connectivity index (χ2v) is 6.34. The number of esters is 1. The van der Waals surface area contributed by atoms with Gasteiger partial charge in [0.05, 0.1) is 5.39 Å². The molecule has 3 rings (SSSR count). The molecule has 5 nitrogen and oxygen atoms in total. The molecule has 0 radical (unpaired) electrons. The number of carbonyl (C=O) groups is 1. The largest absolute Gasteiger partial charge is 0.456 e. The van der Waals surface area contributed by atoms with Crippen LogP contribution in [0.15, 0.2) is 53.3 Å². The van der Waals surface area contributed by atoms with Gasteiger partial charge in [-0.2, -0.15) is 5.10 Å². The lowest BCUT2D eigenvalue weighted by atomic mass is 10.1. The van der Waals surface area contributed by atoms with Crippen molar-refractivity contribution in [2.75, 3.05) is 0 Å². The van der Waals surface area contributed by atoms with Crippen LogP contribution in [-0.2, 0) is 17.9 Å². The van der Waals surface area contributed by atoms with Gasteiger partial charge in [0.2, 0.25) is 0 Å². The van der Waals surface area contributed by atoms with Crippen molar-refractivity contribution in [2.24, 2.45) is 0 Å². The van der Waals surface area contributed by atoms with Gasteiger partial charge >= 0.3 is 5.97 Å². The molecular formula is C21H22N2O3. The minimum Gasteiger partial charge on any atom is -0.456 e. The van der Waals surface area contributed by atoms with Crippen LogP contribution < -0.4 is 5.56 Å². The van der Waals surface area contributed by atoms with Crippen molar-refractivity contribution in [3.8, 4) is 0 Å². The average Bonchev–Trinajstić information content (AvgIpc) is 2.67. The van der Waals surface area contributed by atoms with E-state index in [1.54, 1.807) is 24.3 Å². The van der Waals surface area contributed by atoms with E-state index in [0.717, 1.165) is 24.0 Å². The van der Waals surface area contributed by atoms with Crippen molar-refractivity contribution in [3.05, 3.63) is 75.7 Å². The van der Waals surface area contributed by atoms with E-state index in [4.69, 9.17) is 4.74 Å². The maximum Gasteiger partial charge on any atom is 0.359 e. The number of aromatic nitrogens is 2. The molecule has 0 aliphatic carbocycles. The van der Waals surface area contributed by atoms with Gasteiger partial charge in [0.1, 0.15) is 6.61 Å². The van der Waals surface area contributed by atoms with Crippen LogP contribution in [-0.4, -0.2) is 15.7 Å². The Kier molecular flexibility index (Phi) is 5.46. The normalized spacial score (nSPS) is 10.8. The molecule has 0 fully saturated rings. The standard InChI is InChI=1S/C21H22N2O3/c1-3-4-13-23-20(24)18-8-6-5-7-17(18)19(22-23)21(25)26-14-16-11-9-15(2)10-12-16/h5-12H,3-4,13-14H2,1-2H3. The van der Waals surface area contributed by atoms with E-state index in [1.165, 1.54) is 4.68 Å². The number of carbonyl (C=O) groups excluding carboxylic acids is 1. The molecule has 0 bridgehead atoms. The molecular weight excluding hydrogens is 328 g/mol. The molecule has 0 spiro atoms. The molecule has 26 heavy (non-hydrogen) atoms. The van der Waals surface area contributed by atoms with Gasteiger partial charge in [-0.3, -0.25) is 4.79 Å². The zero-order valence-corrected chi connectivity index (χ0v) is 15.1. The SMILES string of the molecule is CCCCn1nc(C(=O)OCc2ccc(C)cc2)c2ccccc2c1=O. The summed E-state index contributed by atoms with van der Waals surface area (Å²) in [6.07, 6.45) is 1.76. The number of nitrogens with zero attached hydrogens (tertiary/aromatic N) is 2. The summed E-state index contributed by atoms with van der Waals surface area (Å²) in [6.45, 7) is 4.70. The Morgan fingerprint density at radius 2 is 1.77 bits per heavy atom. The van der Waals surface area contributed by atoms with Crippen LogP contribution in [0.25, 0.3) is 10.8 Å². The van der Waals surface area contributed by atoms with Crippen LogP contribution >= 0.6 is 0 Å². The molecule has 1 aromatic heterocycles. The molecule has 3 aromatic rings. The Balaban J connectivity index is 1.92. The lowest BCUT2D eigenvalue weighted by Gasteiger charge is -2.11. The van der Waals surface area contributed by atoms with Crippen LogP contribution in [0, 0.1) is 6.92 Å². The van der Waals surface area contributed by atoms with Crippen LogP contribution in [0.5, 0.6) is 0 Å². The maximum absolute atomic E-state index is 12.6. The summed E-state index contributed by atoms with van der Waals surface area (Å²) in [7, 11) is 0. The Bertz CT molecular complexity index is 975. The monoisotopic (exact) mass is 350 g/mol. The summed E-state index contributed by atoms with van der Waals surface area (Å²) in [6, 6.07) is 14.8. The summed E-state index contributed by atoms with van der Waals surface area (Å²) < 4.78 is 6.81. The molecule has 0 saturated heterocycles. The first-order valence-corrected chi connectivity index (χ1v) is 8.82. The van der Waals surface area contributed by atoms with Gasteiger partial charge in [-0.1, -0.05) is 61.4 Å². The van der Waals surface area contributed by atoms with Crippen molar-refractivity contribution in [2.45, 2.75) is 39.8 Å². The fraction of sp³-hybridized carbons (Fsp3) is 0.286. The molecule has 0 amide bonds. The number of unbranched alkanes of at least 4 members (excludes halogenated alkanes) is 1. The molecule has 1 heterocycles. The number of benzene rings is 2. The number of aryl methyl sites for hydroxylation is 2. The van der Waals surface area contributed by atoms with Crippen molar-refractivity contribution in [1.82, 2.24) is 9.78 Å². The third-order valence-corrected chi connectivity index (χ3v) is 4.28. The molecule has 0 saturated carbocycles. The highest BCUT2D eigenvalue weighted by Crippen LogP contribution is 2.15. The highest BCUT2D eigenvalue weighted by molar-refractivity contribution is 6.02. The van der Waals surface area contributed by atoms with Gasteiger partial charge in [-0.05, 0) is 25.0 Å². The lowest BCUT2D eigenvalue weighted by molar-refractivity contribution is 0.0465. The highest BCUT2D eigenvalue weighted by atomic mass is 16.5. The van der Waals surface area contributed by atoms with Crippen LogP contribution in [0.3, 0.4) is 0 Å². The molecule has 0 atom stereocenters. The summed E-state index contributed by atoms with van der Waals surface area (Å²) in [5, 5.41) is 5.31. The Labute approximate surface area is 152 Å². The van der Waals surface area contributed by atoms with E-state index in [9.17, 15) is 9.59 Å². The molecule has 0 N–H and O–H groups in total. The Morgan fingerprint density at radius 1 is 1.08 bits per heavy atom. The molecule has 2 aromatic carbocycles. The fourth-order valence-electron chi connectivity index (χ4n) is 2.75. The first-order chi connectivity index (χ1) is 12.6. The van der Waals surface area contributed by atoms with E-state index >= 15 is 0 Å². The molecule has 0 aliphatic heterocycles. The van der Waals surface area contributed by atoms with Gasteiger partial charge < -0.3 is 4.74 Å². The van der Waals surface area contributed by atoms with Gasteiger partial charge in [0.25, 0.3) is 5.56 Å². The second kappa shape index (κ2) is 7.95. The Hall–Kier alpha value is -2.95. The molecule has 134 valence electrons. The van der Waals surface area contributed by atoms with E-state index in [1.807, 2.05) is 38.1 Å². The minimum absolute atomic E-state index is 0.170. The van der Waals surface area contributed by atoms with E-state index in [0.29, 0.717) is 17.3 Å². The smallest absolute Gasteiger partial charge is 0.359 e. The van der Waals surface area contributed by atoms with Crippen molar-refractivity contribution in [3.63, 3.8) is 0 Å². The van der Waals surface area contributed by atoms with E-state index < -0.39 is 5.97 Å². The third-order valence-electron chi connectivity index (χ3n) is 4.28. The Morgan fingerprint density at radius 3 is 2.46 bits per heavy atom. The summed E-state index contributed by atoms with van der Waals surface area (Å²) in [4.78, 5) is 25.2. The van der Waals surface area contributed by atoms with Crippen molar-refractivity contribution >= 4 is 16.7 Å². The minimum atomic E-state index is -0.521. The van der Waals surface area contributed by atoms with Crippen molar-refractivity contribution < 1.29 is 9.53 Å². The van der Waals surface area contributed by atoms with Crippen LogP contribution in [0.1, 0.15) is 41.4 Å². The number of fused-ring (bicyclic) bond motifs is 1. The van der Waals surface area contributed by atoms with Gasteiger partial charge in [0, 0.05) is 11.9 Å². The third kappa shape index (κ3) is 3.82. The number of rotatable bonds is 6. The lowest BCUT2D eigenvalue weighted by Crippen LogP contribution is -2.26. The van der Waals surface area contributed by atoms with E-state index in [-0.39, 0.29) is 17.9 Å². The first kappa shape index (κ1) is 17.9. The molecule has 0 unspecified atom stereocenters. The quantitative estimate of drug-likeness (QED) is 0.633. The topological polar surface area (TPSA) is 61.2 Å². The van der Waals surface area contributed by atoms with Gasteiger partial charge in [-0.15, -0.1) is 0 Å². The van der Waals surface area contributed by atoms with Gasteiger partial charge in [0.15, 0.2) is 5.69 Å². The number of hydrogen-bond acceptors (Lipinski definition) is 4. The van der Waals surface area contributed by atoms with Gasteiger partial charge in [-0.25, -0.2) is 9.48 Å². The molecule has 0 aliphatic rings. The highest BCUT2D eigenvalue weighted by Gasteiger charge is 2.17. The van der Waals surface area contributed by atoms with Crippen LogP contribution in [0.2, 0.25) is 0 Å². The predicted molar refractivity (Wildman–Crippen MR) is 101 cm³/mol. The number of ether oxygens (including phenoxy) is 1. The van der Waals surface area contributed by atoms with Crippen molar-refractivity contribution in [1.29, 1.82) is 0 Å². The summed E-state index contributed by atoms with van der Waals surface area (Å²) in [5.41, 5.74) is 2.07. The van der Waals surface area contributed by atoms with E-state index in [2.05, 4.69) is 5.10 Å². The summed E-state index contributed by atoms with van der Waals surface area (Å²) >= 11 is 0. The summed E-state index contributed by atoms with van der Waals surface area (Å²) in [5.74, 6) is -0.521. The zero-order chi connectivity index (χ0) is 18.5. The zero-order valence-electron chi connectivity index (χ0n) is 15.1. The second-order valence-electron chi connectivity index (χ2n) is 6.34. The fourth-order valence-corrected chi connectivity index (χ4v) is 2.75. The van der Waals surface area contributed by atoms with Crippen LogP contribution in [0.4, 0.5) is 0 Å². The molecule has 5 heteroatoms. The average molecular weight is 350 g/mol.